The van der Waals surface area contributed by atoms with Gasteiger partial charge in [0.25, 0.3) is 5.91 Å². The third-order valence-corrected chi connectivity index (χ3v) is 6.28. The first-order chi connectivity index (χ1) is 17.0. The standard InChI is InChI=1S/C27H31ClN4O3/c1-34-25-16-21(15-24(28)27(25)35-19-26(29)33)17-30-22-7-9-23(10-8-22)32-13-11-31(12-14-32)18-20-5-3-2-4-6-20/h2-10,15-16,30H,11-14,17-19H2,1H3,(H2,29,33). The van der Waals surface area contributed by atoms with E-state index in [1.54, 1.807) is 6.07 Å². The quantitative estimate of drug-likeness (QED) is 0.441. The Morgan fingerprint density at radius 3 is 2.37 bits per heavy atom. The predicted octanol–water partition coefficient (Wildman–Crippen LogP) is 4.15. The number of hydrogen-bond donors (Lipinski definition) is 2. The van der Waals surface area contributed by atoms with Crippen LogP contribution in [0.25, 0.3) is 0 Å². The van der Waals surface area contributed by atoms with Crippen LogP contribution >= 0.6 is 11.6 Å². The van der Waals surface area contributed by atoms with E-state index in [4.69, 9.17) is 26.8 Å². The molecule has 3 N–H and O–H groups in total. The summed E-state index contributed by atoms with van der Waals surface area (Å²) in [5, 5.41) is 3.78. The maximum atomic E-state index is 11.0. The first kappa shape index (κ1) is 24.7. The SMILES string of the molecule is COc1cc(CNc2ccc(N3CCN(Cc4ccccc4)CC3)cc2)cc(Cl)c1OCC(N)=O. The van der Waals surface area contributed by atoms with Crippen molar-refractivity contribution in [3.05, 3.63) is 82.9 Å². The van der Waals surface area contributed by atoms with E-state index in [0.29, 0.717) is 23.1 Å². The molecule has 3 aromatic carbocycles. The Morgan fingerprint density at radius 2 is 1.71 bits per heavy atom. The number of anilines is 2. The Labute approximate surface area is 211 Å². The summed E-state index contributed by atoms with van der Waals surface area (Å²) in [6, 6.07) is 22.8. The molecule has 35 heavy (non-hydrogen) atoms. The number of nitrogens with two attached hydrogens (primary N) is 1. The van der Waals surface area contributed by atoms with Gasteiger partial charge in [0.05, 0.1) is 12.1 Å². The molecule has 0 saturated carbocycles. The number of ether oxygens (including phenoxy) is 2. The Bertz CT molecular complexity index is 1120. The average molecular weight is 495 g/mol. The smallest absolute Gasteiger partial charge is 0.255 e. The van der Waals surface area contributed by atoms with E-state index in [-0.39, 0.29) is 6.61 Å². The van der Waals surface area contributed by atoms with Gasteiger partial charge in [-0.05, 0) is 47.5 Å². The molecule has 1 aliphatic rings. The highest BCUT2D eigenvalue weighted by Crippen LogP contribution is 2.36. The Balaban J connectivity index is 1.29. The van der Waals surface area contributed by atoms with Crippen LogP contribution in [-0.2, 0) is 17.9 Å². The molecule has 8 heteroatoms. The molecule has 0 unspecified atom stereocenters. The molecule has 1 heterocycles. The molecule has 184 valence electrons. The van der Waals surface area contributed by atoms with E-state index in [1.165, 1.54) is 18.4 Å². The second kappa shape index (κ2) is 11.8. The molecule has 0 aromatic heterocycles. The van der Waals surface area contributed by atoms with Gasteiger partial charge in [-0.2, -0.15) is 0 Å². The fraction of sp³-hybridized carbons (Fsp3) is 0.296. The molecule has 0 radical (unpaired) electrons. The summed E-state index contributed by atoms with van der Waals surface area (Å²) in [4.78, 5) is 16.0. The van der Waals surface area contributed by atoms with Crippen molar-refractivity contribution < 1.29 is 14.3 Å². The van der Waals surface area contributed by atoms with Crippen LogP contribution in [0.15, 0.2) is 66.7 Å². The van der Waals surface area contributed by atoms with Crippen LogP contribution in [0.3, 0.4) is 0 Å². The van der Waals surface area contributed by atoms with Crippen molar-refractivity contribution in [2.75, 3.05) is 50.1 Å². The number of amides is 1. The van der Waals surface area contributed by atoms with Gasteiger partial charge >= 0.3 is 0 Å². The molecule has 0 spiro atoms. The Kier molecular flexibility index (Phi) is 8.34. The van der Waals surface area contributed by atoms with Gasteiger partial charge in [0.15, 0.2) is 18.1 Å². The predicted molar refractivity (Wildman–Crippen MR) is 140 cm³/mol. The van der Waals surface area contributed by atoms with E-state index in [2.05, 4.69) is 69.7 Å². The third kappa shape index (κ3) is 6.81. The molecule has 1 amide bonds. The van der Waals surface area contributed by atoms with Gasteiger partial charge in [0.2, 0.25) is 0 Å². The fourth-order valence-electron chi connectivity index (χ4n) is 4.16. The van der Waals surface area contributed by atoms with Crippen LogP contribution in [0.5, 0.6) is 11.5 Å². The average Bonchev–Trinajstić information content (AvgIpc) is 2.88. The van der Waals surface area contributed by atoms with Crippen LogP contribution in [0.4, 0.5) is 11.4 Å². The zero-order chi connectivity index (χ0) is 24.6. The van der Waals surface area contributed by atoms with Gasteiger partial charge in [-0.15, -0.1) is 0 Å². The maximum absolute atomic E-state index is 11.0. The zero-order valence-corrected chi connectivity index (χ0v) is 20.6. The first-order valence-electron chi connectivity index (χ1n) is 11.6. The van der Waals surface area contributed by atoms with Crippen LogP contribution in [0.1, 0.15) is 11.1 Å². The summed E-state index contributed by atoms with van der Waals surface area (Å²) in [6.45, 7) is 5.44. The molecule has 3 aromatic rings. The molecule has 4 rings (SSSR count). The lowest BCUT2D eigenvalue weighted by Gasteiger charge is -2.36. The number of carbonyl (C=O) groups is 1. The lowest BCUT2D eigenvalue weighted by atomic mass is 10.1. The van der Waals surface area contributed by atoms with E-state index in [9.17, 15) is 4.79 Å². The summed E-state index contributed by atoms with van der Waals surface area (Å²) in [7, 11) is 1.53. The van der Waals surface area contributed by atoms with Crippen molar-refractivity contribution in [1.82, 2.24) is 4.90 Å². The fourth-order valence-corrected chi connectivity index (χ4v) is 4.45. The molecule has 0 aliphatic carbocycles. The minimum absolute atomic E-state index is 0.262. The minimum Gasteiger partial charge on any atom is -0.493 e. The topological polar surface area (TPSA) is 80.1 Å². The molecule has 1 aliphatic heterocycles. The molecule has 0 bridgehead atoms. The molecule has 1 saturated heterocycles. The van der Waals surface area contributed by atoms with Crippen LogP contribution in [-0.4, -0.2) is 50.7 Å². The largest absolute Gasteiger partial charge is 0.493 e. The summed E-state index contributed by atoms with van der Waals surface area (Å²) in [5.41, 5.74) is 9.69. The number of nitrogens with zero attached hydrogens (tertiary/aromatic N) is 2. The number of rotatable bonds is 10. The number of methoxy groups -OCH3 is 1. The minimum atomic E-state index is -0.577. The lowest BCUT2D eigenvalue weighted by Crippen LogP contribution is -2.45. The molecular weight excluding hydrogens is 464 g/mol. The van der Waals surface area contributed by atoms with E-state index < -0.39 is 5.91 Å². The van der Waals surface area contributed by atoms with Gasteiger partial charge < -0.3 is 25.4 Å². The summed E-state index contributed by atoms with van der Waals surface area (Å²) < 4.78 is 10.8. The molecule has 0 atom stereocenters. The number of piperazine rings is 1. The third-order valence-electron chi connectivity index (χ3n) is 6.00. The van der Waals surface area contributed by atoms with E-state index in [0.717, 1.165) is 44.0 Å². The highest BCUT2D eigenvalue weighted by atomic mass is 35.5. The number of halogens is 1. The van der Waals surface area contributed by atoms with Crippen molar-refractivity contribution in [3.8, 4) is 11.5 Å². The van der Waals surface area contributed by atoms with Crippen LogP contribution < -0.4 is 25.4 Å². The van der Waals surface area contributed by atoms with Crippen LogP contribution in [0.2, 0.25) is 5.02 Å². The number of primary amides is 1. The van der Waals surface area contributed by atoms with Crippen molar-refractivity contribution >= 4 is 28.9 Å². The van der Waals surface area contributed by atoms with E-state index in [1.807, 2.05) is 6.07 Å². The van der Waals surface area contributed by atoms with Crippen molar-refractivity contribution in [1.29, 1.82) is 0 Å². The second-order valence-corrected chi connectivity index (χ2v) is 8.92. The number of benzene rings is 3. The Hall–Kier alpha value is -3.42. The van der Waals surface area contributed by atoms with Gasteiger partial charge in [0, 0.05) is 50.6 Å². The summed E-state index contributed by atoms with van der Waals surface area (Å²) in [5.74, 6) is 0.189. The first-order valence-corrected chi connectivity index (χ1v) is 12.0. The highest BCUT2D eigenvalue weighted by Gasteiger charge is 2.17. The number of carbonyl (C=O) groups excluding carboxylic acids is 1. The molecule has 7 nitrogen and oxygen atoms in total. The van der Waals surface area contributed by atoms with E-state index >= 15 is 0 Å². The van der Waals surface area contributed by atoms with Gasteiger partial charge in [-0.3, -0.25) is 9.69 Å². The second-order valence-electron chi connectivity index (χ2n) is 8.51. The van der Waals surface area contributed by atoms with Gasteiger partial charge in [-0.25, -0.2) is 0 Å². The van der Waals surface area contributed by atoms with Crippen molar-refractivity contribution in [3.63, 3.8) is 0 Å². The van der Waals surface area contributed by atoms with Gasteiger partial charge in [-0.1, -0.05) is 41.9 Å². The molecule has 1 fully saturated rings. The highest BCUT2D eigenvalue weighted by molar-refractivity contribution is 6.32. The Morgan fingerprint density at radius 1 is 1.00 bits per heavy atom. The van der Waals surface area contributed by atoms with Crippen molar-refractivity contribution in [2.24, 2.45) is 5.73 Å². The number of hydrogen-bond acceptors (Lipinski definition) is 6. The van der Waals surface area contributed by atoms with Crippen molar-refractivity contribution in [2.45, 2.75) is 13.1 Å². The van der Waals surface area contributed by atoms with Crippen LogP contribution in [0, 0.1) is 0 Å². The zero-order valence-electron chi connectivity index (χ0n) is 19.9. The normalized spacial score (nSPS) is 13.9. The number of nitrogens with one attached hydrogen (secondary N) is 1. The monoisotopic (exact) mass is 494 g/mol. The van der Waals surface area contributed by atoms with Gasteiger partial charge in [0.1, 0.15) is 0 Å². The summed E-state index contributed by atoms with van der Waals surface area (Å²) in [6.07, 6.45) is 0. The lowest BCUT2D eigenvalue weighted by molar-refractivity contribution is -0.119. The molecular formula is C27H31ClN4O3. The summed E-state index contributed by atoms with van der Waals surface area (Å²) >= 11 is 6.35. The maximum Gasteiger partial charge on any atom is 0.255 e.